The molecule has 0 aliphatic heterocycles. The summed E-state index contributed by atoms with van der Waals surface area (Å²) in [5.41, 5.74) is 3.05. The van der Waals surface area contributed by atoms with Gasteiger partial charge in [-0.1, -0.05) is 11.6 Å². The van der Waals surface area contributed by atoms with E-state index in [2.05, 4.69) is 10.3 Å². The van der Waals surface area contributed by atoms with Crippen molar-refractivity contribution in [2.75, 3.05) is 25.6 Å². The van der Waals surface area contributed by atoms with E-state index in [1.54, 1.807) is 20.8 Å². The van der Waals surface area contributed by atoms with Gasteiger partial charge >= 0.3 is 6.18 Å². The third kappa shape index (κ3) is 8.94. The van der Waals surface area contributed by atoms with Gasteiger partial charge in [-0.15, -0.1) is 0 Å². The number of halogens is 5. The number of pyridine rings is 1. The Kier molecular flexibility index (Phi) is 10.5. The first kappa shape index (κ1) is 33.4. The van der Waals surface area contributed by atoms with Crippen molar-refractivity contribution in [1.82, 2.24) is 4.98 Å². The number of aromatic nitrogens is 1. The monoisotopic (exact) mass is 627 g/mol. The zero-order chi connectivity index (χ0) is 32.1. The summed E-state index contributed by atoms with van der Waals surface area (Å²) in [6.07, 6.45) is -3.58. The Morgan fingerprint density at radius 2 is 1.79 bits per heavy atom. The second-order valence-electron chi connectivity index (χ2n) is 10.4. The molecule has 0 saturated heterocycles. The van der Waals surface area contributed by atoms with Crippen molar-refractivity contribution in [3.8, 4) is 22.6 Å². The first-order valence-corrected chi connectivity index (χ1v) is 13.2. The van der Waals surface area contributed by atoms with Crippen LogP contribution in [-0.2, 0) is 9.53 Å². The number of amides is 2. The van der Waals surface area contributed by atoms with Crippen molar-refractivity contribution in [3.05, 3.63) is 74.9 Å². The number of ether oxygens (including phenoxy) is 3. The highest BCUT2D eigenvalue weighted by Crippen LogP contribution is 2.42. The number of methoxy groups -OCH3 is 1. The summed E-state index contributed by atoms with van der Waals surface area (Å²) in [6, 6.07) is 7.02. The molecule has 0 fully saturated rings. The Labute approximate surface area is 249 Å². The van der Waals surface area contributed by atoms with Crippen LogP contribution < -0.4 is 26.1 Å². The zero-order valence-corrected chi connectivity index (χ0v) is 24.4. The molecule has 232 valence electrons. The number of primary amides is 1. The summed E-state index contributed by atoms with van der Waals surface area (Å²) in [4.78, 5) is 41.1. The fourth-order valence-electron chi connectivity index (χ4n) is 4.19. The molecule has 1 atom stereocenters. The molecule has 3 aromatic rings. The number of H-pyrrole nitrogens is 1. The molecule has 0 radical (unpaired) electrons. The summed E-state index contributed by atoms with van der Waals surface area (Å²) in [5, 5.41) is 2.62. The zero-order valence-electron chi connectivity index (χ0n) is 23.7. The van der Waals surface area contributed by atoms with Gasteiger partial charge in [-0.05, 0) is 63.6 Å². The number of hydrogen-bond acceptors (Lipinski definition) is 6. The minimum absolute atomic E-state index is 0.000112. The average molecular weight is 628 g/mol. The lowest BCUT2D eigenvalue weighted by molar-refractivity contribution is -0.153. The van der Waals surface area contributed by atoms with Crippen LogP contribution in [0, 0.1) is 5.82 Å². The number of nitrogens with two attached hydrogens (primary N) is 1. The van der Waals surface area contributed by atoms with Crippen molar-refractivity contribution in [3.63, 3.8) is 0 Å². The minimum atomic E-state index is -4.68. The molecule has 9 nitrogen and oxygen atoms in total. The van der Waals surface area contributed by atoms with Crippen molar-refractivity contribution in [2.24, 2.45) is 5.73 Å². The molecule has 0 spiro atoms. The van der Waals surface area contributed by atoms with Gasteiger partial charge in [0, 0.05) is 40.2 Å². The fraction of sp³-hybridized carbons (Fsp3) is 0.345. The molecule has 0 saturated carbocycles. The quantitative estimate of drug-likeness (QED) is 0.230. The van der Waals surface area contributed by atoms with Crippen LogP contribution in [0.2, 0.25) is 5.02 Å². The molecular formula is C29H30ClF4N3O6. The van der Waals surface area contributed by atoms with E-state index >= 15 is 0 Å². The number of anilines is 1. The van der Waals surface area contributed by atoms with E-state index in [4.69, 9.17) is 31.5 Å². The van der Waals surface area contributed by atoms with Gasteiger partial charge in [-0.3, -0.25) is 14.4 Å². The van der Waals surface area contributed by atoms with Crippen LogP contribution in [-0.4, -0.2) is 48.9 Å². The van der Waals surface area contributed by atoms with Crippen LogP contribution in [0.15, 0.2) is 47.4 Å². The second-order valence-corrected chi connectivity index (χ2v) is 10.8. The van der Waals surface area contributed by atoms with Gasteiger partial charge in [-0.25, -0.2) is 4.39 Å². The van der Waals surface area contributed by atoms with E-state index in [1.807, 2.05) is 0 Å². The Morgan fingerprint density at radius 3 is 2.37 bits per heavy atom. The molecule has 4 N–H and O–H groups in total. The lowest BCUT2D eigenvalue weighted by Crippen LogP contribution is -2.30. The maximum atomic E-state index is 14.4. The van der Waals surface area contributed by atoms with E-state index in [0.717, 1.165) is 12.1 Å². The molecular weight excluding hydrogens is 598 g/mol. The SMILES string of the molecule is COc1c[nH]c(=O)c(C(CCOC(C)(C)C)C(=O)Nc2ccc(C(N)=O)c(F)c2)c1-c1cc(Cl)ccc1OCC(F)(F)F. The summed E-state index contributed by atoms with van der Waals surface area (Å²) < 4.78 is 69.9. The Bertz CT molecular complexity index is 1550. The van der Waals surface area contributed by atoms with Gasteiger partial charge < -0.3 is 30.2 Å². The van der Waals surface area contributed by atoms with Crippen LogP contribution in [0.1, 0.15) is 49.0 Å². The Balaban J connectivity index is 2.20. The Morgan fingerprint density at radius 1 is 1.09 bits per heavy atom. The van der Waals surface area contributed by atoms with Crippen molar-refractivity contribution >= 4 is 29.1 Å². The molecule has 2 amide bonds. The highest BCUT2D eigenvalue weighted by Gasteiger charge is 2.33. The second kappa shape index (κ2) is 13.5. The first-order chi connectivity index (χ1) is 20.0. The normalized spacial score (nSPS) is 12.5. The molecule has 1 unspecified atom stereocenters. The van der Waals surface area contributed by atoms with Crippen LogP contribution in [0.25, 0.3) is 11.1 Å². The number of aromatic amines is 1. The molecule has 1 aromatic heterocycles. The number of benzene rings is 2. The Hall–Kier alpha value is -4.10. The van der Waals surface area contributed by atoms with Crippen LogP contribution >= 0.6 is 11.6 Å². The number of alkyl halides is 3. The maximum Gasteiger partial charge on any atom is 0.422 e. The summed E-state index contributed by atoms with van der Waals surface area (Å²) in [7, 11) is 1.27. The number of carbonyl (C=O) groups is 2. The van der Waals surface area contributed by atoms with E-state index in [9.17, 15) is 31.9 Å². The lowest BCUT2D eigenvalue weighted by Gasteiger charge is -2.25. The molecule has 3 rings (SSSR count). The highest BCUT2D eigenvalue weighted by atomic mass is 35.5. The predicted molar refractivity (Wildman–Crippen MR) is 152 cm³/mol. The lowest BCUT2D eigenvalue weighted by atomic mass is 9.88. The predicted octanol–water partition coefficient (Wildman–Crippen LogP) is 5.81. The van der Waals surface area contributed by atoms with E-state index < -0.39 is 53.1 Å². The van der Waals surface area contributed by atoms with Gasteiger partial charge in [0.2, 0.25) is 5.91 Å². The molecule has 2 aromatic carbocycles. The topological polar surface area (TPSA) is 133 Å². The minimum Gasteiger partial charge on any atom is -0.495 e. The summed E-state index contributed by atoms with van der Waals surface area (Å²) in [6.45, 7) is 3.68. The fourth-order valence-corrected chi connectivity index (χ4v) is 4.37. The van der Waals surface area contributed by atoms with E-state index in [0.29, 0.717) is 0 Å². The van der Waals surface area contributed by atoms with Crippen LogP contribution in [0.3, 0.4) is 0 Å². The average Bonchev–Trinajstić information content (AvgIpc) is 2.89. The standard InChI is InChI=1S/C29H30ClF4N3O6/c1-28(2,3)43-10-9-18(26(39)37-16-6-7-17(25(35)38)20(31)12-16)24-23(22(41-4)13-36-27(24)40)19-11-15(30)5-8-21(19)42-14-29(32,33)34/h5-8,11-13,18H,9-10,14H2,1-4H3,(H2,35,38)(H,36,40)(H,37,39). The molecule has 0 bridgehead atoms. The molecule has 0 aliphatic carbocycles. The third-order valence-electron chi connectivity index (χ3n) is 6.03. The van der Waals surface area contributed by atoms with Gasteiger partial charge in [0.05, 0.1) is 24.2 Å². The van der Waals surface area contributed by atoms with Gasteiger partial charge in [0.15, 0.2) is 6.61 Å². The molecule has 14 heteroatoms. The van der Waals surface area contributed by atoms with Crippen LogP contribution in [0.4, 0.5) is 23.2 Å². The number of nitrogens with one attached hydrogen (secondary N) is 2. The molecule has 43 heavy (non-hydrogen) atoms. The van der Waals surface area contributed by atoms with E-state index in [-0.39, 0.29) is 51.9 Å². The van der Waals surface area contributed by atoms with Crippen LogP contribution in [0.5, 0.6) is 11.5 Å². The third-order valence-corrected chi connectivity index (χ3v) is 6.26. The van der Waals surface area contributed by atoms with Crippen molar-refractivity contribution in [1.29, 1.82) is 0 Å². The summed E-state index contributed by atoms with van der Waals surface area (Å²) in [5.74, 6) is -4.37. The smallest absolute Gasteiger partial charge is 0.422 e. The molecule has 0 aliphatic rings. The van der Waals surface area contributed by atoms with Gasteiger partial charge in [0.1, 0.15) is 17.3 Å². The van der Waals surface area contributed by atoms with Crippen molar-refractivity contribution < 1.29 is 41.4 Å². The number of hydrogen-bond donors (Lipinski definition) is 3. The number of rotatable bonds is 11. The van der Waals surface area contributed by atoms with Gasteiger partial charge in [-0.2, -0.15) is 13.2 Å². The maximum absolute atomic E-state index is 14.4. The van der Waals surface area contributed by atoms with Crippen molar-refractivity contribution in [2.45, 2.75) is 44.9 Å². The van der Waals surface area contributed by atoms with E-state index in [1.165, 1.54) is 37.6 Å². The highest BCUT2D eigenvalue weighted by molar-refractivity contribution is 6.31. The summed E-state index contributed by atoms with van der Waals surface area (Å²) >= 11 is 6.21. The number of carbonyl (C=O) groups excluding carboxylic acids is 2. The molecule has 1 heterocycles. The van der Waals surface area contributed by atoms with Gasteiger partial charge in [0.25, 0.3) is 11.5 Å². The first-order valence-electron chi connectivity index (χ1n) is 12.8. The largest absolute Gasteiger partial charge is 0.495 e.